The van der Waals surface area contributed by atoms with E-state index in [0.717, 1.165) is 37.4 Å². The Labute approximate surface area is 153 Å². The van der Waals surface area contributed by atoms with Crippen LogP contribution < -0.4 is 4.90 Å². The lowest BCUT2D eigenvalue weighted by molar-refractivity contribution is -0.105. The van der Waals surface area contributed by atoms with Crippen LogP contribution in [0.2, 0.25) is 0 Å². The van der Waals surface area contributed by atoms with Crippen LogP contribution in [0.15, 0.2) is 36.7 Å². The van der Waals surface area contributed by atoms with Gasteiger partial charge in [0.2, 0.25) is 0 Å². The molecule has 4 heterocycles. The highest BCUT2D eigenvalue weighted by atomic mass is 16.5. The van der Waals surface area contributed by atoms with Gasteiger partial charge in [-0.2, -0.15) is 5.10 Å². The van der Waals surface area contributed by atoms with Crippen LogP contribution in [0.4, 0.5) is 5.82 Å². The third kappa shape index (κ3) is 3.39. The second-order valence-corrected chi connectivity index (χ2v) is 7.05. The quantitative estimate of drug-likeness (QED) is 0.818. The van der Waals surface area contributed by atoms with E-state index in [0.29, 0.717) is 25.3 Å². The van der Waals surface area contributed by atoms with Gasteiger partial charge >= 0.3 is 0 Å². The van der Waals surface area contributed by atoms with Crippen LogP contribution in [0.1, 0.15) is 28.9 Å². The Morgan fingerprint density at radius 1 is 1.12 bits per heavy atom. The van der Waals surface area contributed by atoms with Crippen molar-refractivity contribution < 1.29 is 9.53 Å². The molecular weight excluding hydrogens is 330 g/mol. The summed E-state index contributed by atoms with van der Waals surface area (Å²) in [6, 6.07) is 7.51. The lowest BCUT2D eigenvalue weighted by Crippen LogP contribution is -2.61. The van der Waals surface area contributed by atoms with E-state index in [2.05, 4.69) is 20.1 Å². The zero-order valence-electron chi connectivity index (χ0n) is 15.0. The summed E-state index contributed by atoms with van der Waals surface area (Å²) in [7, 11) is 0. The minimum Gasteiger partial charge on any atom is -0.369 e. The van der Waals surface area contributed by atoms with Gasteiger partial charge in [0, 0.05) is 31.0 Å². The van der Waals surface area contributed by atoms with E-state index < -0.39 is 0 Å². The number of aromatic nitrogens is 3. The molecular formula is C19H23N5O2. The predicted molar refractivity (Wildman–Crippen MR) is 97.0 cm³/mol. The molecule has 0 bridgehead atoms. The van der Waals surface area contributed by atoms with Crippen molar-refractivity contribution in [3.63, 3.8) is 0 Å². The van der Waals surface area contributed by atoms with Crippen LogP contribution >= 0.6 is 0 Å². The first-order chi connectivity index (χ1) is 12.7. The Kier molecular flexibility index (Phi) is 4.55. The molecule has 2 aliphatic rings. The molecule has 2 aromatic heterocycles. The Hall–Kier alpha value is -2.54. The number of carbonyl (C=O) groups is 1. The first kappa shape index (κ1) is 16.9. The number of hydrogen-bond donors (Lipinski definition) is 0. The standard InChI is InChI=1S/C19H23N5O2/c1-15-3-4-17(22-21-15)23-10-2-7-19(13-23)14-24(11-12-26-19)18(25)16-5-8-20-9-6-16/h3-6,8-9H,2,7,10-14H2,1H3/t19-/m0/s1. The summed E-state index contributed by atoms with van der Waals surface area (Å²) in [5.41, 5.74) is 1.24. The molecule has 4 rings (SSSR count). The number of piperidine rings is 1. The highest BCUT2D eigenvalue weighted by Crippen LogP contribution is 2.31. The van der Waals surface area contributed by atoms with Gasteiger partial charge in [0.15, 0.2) is 5.82 Å². The third-order valence-corrected chi connectivity index (χ3v) is 5.11. The molecule has 0 unspecified atom stereocenters. The fourth-order valence-electron chi connectivity index (χ4n) is 3.80. The third-order valence-electron chi connectivity index (χ3n) is 5.11. The molecule has 0 radical (unpaired) electrons. The number of rotatable bonds is 2. The molecule has 1 amide bonds. The van der Waals surface area contributed by atoms with Crippen molar-refractivity contribution in [3.05, 3.63) is 47.9 Å². The van der Waals surface area contributed by atoms with Crippen molar-refractivity contribution in [2.75, 3.05) is 37.7 Å². The van der Waals surface area contributed by atoms with Crippen molar-refractivity contribution in [1.29, 1.82) is 0 Å². The number of anilines is 1. The molecule has 2 aromatic rings. The van der Waals surface area contributed by atoms with E-state index in [9.17, 15) is 4.79 Å². The molecule has 2 saturated heterocycles. The van der Waals surface area contributed by atoms with Crippen molar-refractivity contribution >= 4 is 11.7 Å². The van der Waals surface area contributed by atoms with E-state index >= 15 is 0 Å². The fourth-order valence-corrected chi connectivity index (χ4v) is 3.80. The second kappa shape index (κ2) is 6.99. The molecule has 0 N–H and O–H groups in total. The van der Waals surface area contributed by atoms with Crippen molar-refractivity contribution in [2.24, 2.45) is 0 Å². The Bertz CT molecular complexity index is 763. The van der Waals surface area contributed by atoms with E-state index in [1.54, 1.807) is 24.5 Å². The smallest absolute Gasteiger partial charge is 0.254 e. The lowest BCUT2D eigenvalue weighted by Gasteiger charge is -2.48. The van der Waals surface area contributed by atoms with Gasteiger partial charge < -0.3 is 14.5 Å². The molecule has 1 atom stereocenters. The minimum absolute atomic E-state index is 0.0438. The summed E-state index contributed by atoms with van der Waals surface area (Å²) in [6.45, 7) is 5.37. The lowest BCUT2D eigenvalue weighted by atomic mass is 9.90. The van der Waals surface area contributed by atoms with Crippen LogP contribution in [0.3, 0.4) is 0 Å². The zero-order valence-corrected chi connectivity index (χ0v) is 15.0. The maximum absolute atomic E-state index is 12.8. The van der Waals surface area contributed by atoms with Gasteiger partial charge in [-0.25, -0.2) is 0 Å². The van der Waals surface area contributed by atoms with Gasteiger partial charge in [0.25, 0.3) is 5.91 Å². The number of ether oxygens (including phenoxy) is 1. The van der Waals surface area contributed by atoms with Crippen LogP contribution in [-0.4, -0.2) is 64.4 Å². The molecule has 0 aliphatic carbocycles. The van der Waals surface area contributed by atoms with Crippen LogP contribution in [0.25, 0.3) is 0 Å². The Balaban J connectivity index is 1.50. The summed E-state index contributed by atoms with van der Waals surface area (Å²) < 4.78 is 6.20. The van der Waals surface area contributed by atoms with Crippen molar-refractivity contribution in [2.45, 2.75) is 25.4 Å². The molecule has 1 spiro atoms. The normalized spacial score (nSPS) is 23.3. The van der Waals surface area contributed by atoms with Crippen LogP contribution in [-0.2, 0) is 4.74 Å². The Morgan fingerprint density at radius 2 is 1.96 bits per heavy atom. The number of aryl methyl sites for hydroxylation is 1. The van der Waals surface area contributed by atoms with Gasteiger partial charge in [0.1, 0.15) is 5.60 Å². The number of pyridine rings is 1. The molecule has 2 fully saturated rings. The molecule has 7 heteroatoms. The van der Waals surface area contributed by atoms with Gasteiger partial charge in [-0.1, -0.05) is 0 Å². The largest absolute Gasteiger partial charge is 0.369 e. The number of carbonyl (C=O) groups excluding carboxylic acids is 1. The summed E-state index contributed by atoms with van der Waals surface area (Å²) in [5, 5.41) is 8.48. The van der Waals surface area contributed by atoms with E-state index in [1.165, 1.54) is 0 Å². The zero-order chi connectivity index (χ0) is 18.0. The molecule has 0 saturated carbocycles. The van der Waals surface area contributed by atoms with Crippen LogP contribution in [0, 0.1) is 6.92 Å². The molecule has 2 aliphatic heterocycles. The van der Waals surface area contributed by atoms with E-state index in [4.69, 9.17) is 4.74 Å². The summed E-state index contributed by atoms with van der Waals surface area (Å²) in [4.78, 5) is 20.9. The molecule has 0 aromatic carbocycles. The topological polar surface area (TPSA) is 71.5 Å². The monoisotopic (exact) mass is 353 g/mol. The first-order valence-electron chi connectivity index (χ1n) is 9.04. The molecule has 136 valence electrons. The van der Waals surface area contributed by atoms with Gasteiger partial charge in [-0.05, 0) is 44.0 Å². The van der Waals surface area contributed by atoms with Gasteiger partial charge in [-0.15, -0.1) is 5.10 Å². The number of morpholine rings is 1. The minimum atomic E-state index is -0.342. The Morgan fingerprint density at radius 3 is 2.73 bits per heavy atom. The van der Waals surface area contributed by atoms with Gasteiger partial charge in [0.05, 0.1) is 25.4 Å². The second-order valence-electron chi connectivity index (χ2n) is 7.05. The predicted octanol–water partition coefficient (Wildman–Crippen LogP) is 1.69. The highest BCUT2D eigenvalue weighted by Gasteiger charge is 2.42. The summed E-state index contributed by atoms with van der Waals surface area (Å²) in [6.07, 6.45) is 5.26. The average Bonchev–Trinajstić information content (AvgIpc) is 2.69. The SMILES string of the molecule is Cc1ccc(N2CCC[C@@]3(CN(C(=O)c4ccncc4)CCO3)C2)nn1. The van der Waals surface area contributed by atoms with Crippen molar-refractivity contribution in [1.82, 2.24) is 20.1 Å². The first-order valence-corrected chi connectivity index (χ1v) is 9.04. The molecule has 7 nitrogen and oxygen atoms in total. The molecule has 26 heavy (non-hydrogen) atoms. The maximum Gasteiger partial charge on any atom is 0.254 e. The number of nitrogens with zero attached hydrogens (tertiary/aromatic N) is 5. The van der Waals surface area contributed by atoms with E-state index in [1.807, 2.05) is 24.0 Å². The fraction of sp³-hybridized carbons (Fsp3) is 0.474. The highest BCUT2D eigenvalue weighted by molar-refractivity contribution is 5.94. The van der Waals surface area contributed by atoms with Crippen molar-refractivity contribution in [3.8, 4) is 0 Å². The summed E-state index contributed by atoms with van der Waals surface area (Å²) in [5.74, 6) is 0.915. The average molecular weight is 353 g/mol. The maximum atomic E-state index is 12.8. The van der Waals surface area contributed by atoms with E-state index in [-0.39, 0.29) is 11.5 Å². The number of hydrogen-bond acceptors (Lipinski definition) is 6. The number of amides is 1. The summed E-state index contributed by atoms with van der Waals surface area (Å²) >= 11 is 0. The van der Waals surface area contributed by atoms with Gasteiger partial charge in [-0.3, -0.25) is 9.78 Å². The van der Waals surface area contributed by atoms with Crippen LogP contribution in [0.5, 0.6) is 0 Å².